The van der Waals surface area contributed by atoms with Crippen LogP contribution in [0.25, 0.3) is 0 Å². The Hall–Kier alpha value is -1.13. The maximum atomic E-state index is 13.7. The highest BCUT2D eigenvalue weighted by molar-refractivity contribution is 5.30. The predicted octanol–water partition coefficient (Wildman–Crippen LogP) is 1.87. The summed E-state index contributed by atoms with van der Waals surface area (Å²) < 4.78 is 18.6. The summed E-state index contributed by atoms with van der Waals surface area (Å²) in [5.74, 6) is 0.202. The van der Waals surface area contributed by atoms with E-state index in [1.807, 2.05) is 13.8 Å². The molecule has 0 fully saturated rings. The van der Waals surface area contributed by atoms with E-state index in [0.29, 0.717) is 11.3 Å². The summed E-state index contributed by atoms with van der Waals surface area (Å²) in [6.07, 6.45) is 0. The second-order valence-electron chi connectivity index (χ2n) is 3.86. The maximum Gasteiger partial charge on any atom is 0.131 e. The number of nitrogens with one attached hydrogen (secondary N) is 1. The third-order valence-electron chi connectivity index (χ3n) is 2.48. The second kappa shape index (κ2) is 5.82. The zero-order chi connectivity index (χ0) is 12.1. The lowest BCUT2D eigenvalue weighted by Crippen LogP contribution is -2.32. The zero-order valence-corrected chi connectivity index (χ0v) is 9.83. The monoisotopic (exact) mass is 227 g/mol. The van der Waals surface area contributed by atoms with Gasteiger partial charge >= 0.3 is 0 Å². The van der Waals surface area contributed by atoms with Crippen molar-refractivity contribution in [3.63, 3.8) is 0 Å². The number of halogens is 1. The number of methoxy groups -OCH3 is 1. The summed E-state index contributed by atoms with van der Waals surface area (Å²) in [6.45, 7) is 3.73. The Bertz CT molecular complexity index is 344. The van der Waals surface area contributed by atoms with Crippen LogP contribution in [-0.2, 0) is 0 Å². The first-order valence-electron chi connectivity index (χ1n) is 5.28. The Balaban J connectivity index is 2.79. The first-order chi connectivity index (χ1) is 7.58. The van der Waals surface area contributed by atoms with Gasteiger partial charge in [0.05, 0.1) is 13.7 Å². The van der Waals surface area contributed by atoms with Gasteiger partial charge in [0.25, 0.3) is 0 Å². The van der Waals surface area contributed by atoms with E-state index in [1.54, 1.807) is 12.1 Å². The number of rotatable bonds is 5. The molecule has 4 heteroatoms. The predicted molar refractivity (Wildman–Crippen MR) is 61.1 cm³/mol. The molecule has 0 radical (unpaired) electrons. The fourth-order valence-electron chi connectivity index (χ4n) is 1.56. The van der Waals surface area contributed by atoms with Crippen LogP contribution >= 0.6 is 0 Å². The summed E-state index contributed by atoms with van der Waals surface area (Å²) in [7, 11) is 1.50. The van der Waals surface area contributed by atoms with Crippen LogP contribution in [-0.4, -0.2) is 24.9 Å². The van der Waals surface area contributed by atoms with Gasteiger partial charge in [-0.2, -0.15) is 0 Å². The zero-order valence-electron chi connectivity index (χ0n) is 9.83. The highest BCUT2D eigenvalue weighted by Crippen LogP contribution is 2.21. The van der Waals surface area contributed by atoms with Gasteiger partial charge in [0, 0.05) is 23.7 Å². The number of aliphatic hydroxyl groups is 1. The van der Waals surface area contributed by atoms with E-state index in [-0.39, 0.29) is 24.5 Å². The molecule has 0 saturated carbocycles. The minimum Gasteiger partial charge on any atom is -0.497 e. The van der Waals surface area contributed by atoms with Crippen molar-refractivity contribution in [2.75, 3.05) is 13.7 Å². The average molecular weight is 227 g/mol. The maximum absolute atomic E-state index is 13.7. The number of benzene rings is 1. The number of ether oxygens (including phenoxy) is 1. The molecule has 0 aliphatic rings. The van der Waals surface area contributed by atoms with Crippen LogP contribution in [0.4, 0.5) is 4.39 Å². The molecule has 3 nitrogen and oxygen atoms in total. The lowest BCUT2D eigenvalue weighted by atomic mass is 10.1. The van der Waals surface area contributed by atoms with Crippen molar-refractivity contribution in [3.8, 4) is 5.75 Å². The Labute approximate surface area is 95.2 Å². The molecule has 1 rings (SSSR count). The van der Waals surface area contributed by atoms with Crippen LogP contribution in [0, 0.1) is 5.82 Å². The van der Waals surface area contributed by atoms with Crippen molar-refractivity contribution in [3.05, 3.63) is 29.6 Å². The molecule has 2 N–H and O–H groups in total. The molecular weight excluding hydrogens is 209 g/mol. The molecule has 1 aromatic carbocycles. The first kappa shape index (κ1) is 12.9. The van der Waals surface area contributed by atoms with Crippen LogP contribution in [0.2, 0.25) is 0 Å². The number of hydrogen-bond donors (Lipinski definition) is 2. The molecule has 16 heavy (non-hydrogen) atoms. The fraction of sp³-hybridized carbons (Fsp3) is 0.500. The smallest absolute Gasteiger partial charge is 0.131 e. The van der Waals surface area contributed by atoms with E-state index >= 15 is 0 Å². The molecule has 0 heterocycles. The highest BCUT2D eigenvalue weighted by atomic mass is 19.1. The normalized spacial score (nSPS) is 14.6. The van der Waals surface area contributed by atoms with Crippen molar-refractivity contribution in [1.82, 2.24) is 5.32 Å². The Morgan fingerprint density at radius 3 is 2.62 bits per heavy atom. The quantitative estimate of drug-likeness (QED) is 0.806. The van der Waals surface area contributed by atoms with Gasteiger partial charge in [-0.05, 0) is 19.9 Å². The minimum absolute atomic E-state index is 0.0299. The molecule has 1 unspecified atom stereocenters. The first-order valence-corrected chi connectivity index (χ1v) is 5.28. The minimum atomic E-state index is -0.301. The van der Waals surface area contributed by atoms with Crippen LogP contribution in [0.15, 0.2) is 18.2 Å². The standard InChI is InChI=1S/C12H18FNO2/c1-8(7-15)14-9(2)11-5-4-10(16-3)6-12(11)13/h4-6,8-9,14-15H,7H2,1-3H3/t8-,9?/m1/s1. The van der Waals surface area contributed by atoms with E-state index in [4.69, 9.17) is 9.84 Å². The van der Waals surface area contributed by atoms with Crippen LogP contribution in [0.1, 0.15) is 25.5 Å². The summed E-state index contributed by atoms with van der Waals surface area (Å²) in [4.78, 5) is 0. The van der Waals surface area contributed by atoms with Gasteiger partial charge in [0.1, 0.15) is 11.6 Å². The molecule has 0 amide bonds. The molecule has 0 aliphatic heterocycles. The van der Waals surface area contributed by atoms with Crippen molar-refractivity contribution in [2.45, 2.75) is 25.9 Å². The summed E-state index contributed by atoms with van der Waals surface area (Å²) in [5, 5.41) is 12.0. The van der Waals surface area contributed by atoms with Crippen LogP contribution in [0.3, 0.4) is 0 Å². The summed E-state index contributed by atoms with van der Waals surface area (Å²) in [5.41, 5.74) is 0.570. The molecule has 2 atom stereocenters. The van der Waals surface area contributed by atoms with E-state index in [2.05, 4.69) is 5.32 Å². The van der Waals surface area contributed by atoms with Crippen LogP contribution < -0.4 is 10.1 Å². The average Bonchev–Trinajstić information content (AvgIpc) is 2.28. The van der Waals surface area contributed by atoms with Gasteiger partial charge in [-0.15, -0.1) is 0 Å². The molecule has 90 valence electrons. The molecule has 1 aromatic rings. The molecule has 0 aromatic heterocycles. The molecule has 0 spiro atoms. The van der Waals surface area contributed by atoms with Crippen molar-refractivity contribution >= 4 is 0 Å². The fourth-order valence-corrected chi connectivity index (χ4v) is 1.56. The van der Waals surface area contributed by atoms with E-state index in [9.17, 15) is 4.39 Å². The Morgan fingerprint density at radius 1 is 1.44 bits per heavy atom. The Kier molecular flexibility index (Phi) is 4.71. The SMILES string of the molecule is COc1ccc(C(C)N[C@H](C)CO)c(F)c1. The molecule has 0 bridgehead atoms. The van der Waals surface area contributed by atoms with E-state index in [0.717, 1.165) is 0 Å². The highest BCUT2D eigenvalue weighted by Gasteiger charge is 2.13. The van der Waals surface area contributed by atoms with Gasteiger partial charge in [-0.25, -0.2) is 4.39 Å². The third kappa shape index (κ3) is 3.18. The van der Waals surface area contributed by atoms with Crippen LogP contribution in [0.5, 0.6) is 5.75 Å². The van der Waals surface area contributed by atoms with Gasteiger partial charge in [0.2, 0.25) is 0 Å². The number of aliphatic hydroxyl groups excluding tert-OH is 1. The van der Waals surface area contributed by atoms with Crippen molar-refractivity contribution in [1.29, 1.82) is 0 Å². The topological polar surface area (TPSA) is 41.5 Å². The molecular formula is C12H18FNO2. The van der Waals surface area contributed by atoms with E-state index < -0.39 is 0 Å². The molecule has 0 aliphatic carbocycles. The largest absolute Gasteiger partial charge is 0.497 e. The summed E-state index contributed by atoms with van der Waals surface area (Å²) >= 11 is 0. The van der Waals surface area contributed by atoms with E-state index in [1.165, 1.54) is 13.2 Å². The van der Waals surface area contributed by atoms with Crippen molar-refractivity contribution < 1.29 is 14.2 Å². The van der Waals surface area contributed by atoms with Gasteiger partial charge in [-0.3, -0.25) is 0 Å². The lowest BCUT2D eigenvalue weighted by Gasteiger charge is -2.19. The van der Waals surface area contributed by atoms with Gasteiger partial charge in [0.15, 0.2) is 0 Å². The van der Waals surface area contributed by atoms with Gasteiger partial charge < -0.3 is 15.2 Å². The van der Waals surface area contributed by atoms with Crippen molar-refractivity contribution in [2.24, 2.45) is 0 Å². The third-order valence-corrected chi connectivity index (χ3v) is 2.48. The Morgan fingerprint density at radius 2 is 2.12 bits per heavy atom. The second-order valence-corrected chi connectivity index (χ2v) is 3.86. The number of hydrogen-bond acceptors (Lipinski definition) is 3. The van der Waals surface area contributed by atoms with Gasteiger partial charge in [-0.1, -0.05) is 6.07 Å². The lowest BCUT2D eigenvalue weighted by molar-refractivity contribution is 0.242. The summed E-state index contributed by atoms with van der Waals surface area (Å²) in [6, 6.07) is 4.57. The molecule has 0 saturated heterocycles.